The average Bonchev–Trinajstić information content (AvgIpc) is 2.65. The monoisotopic (exact) mass is 373 g/mol. The molecule has 0 saturated heterocycles. The van der Waals surface area contributed by atoms with E-state index >= 15 is 0 Å². The summed E-state index contributed by atoms with van der Waals surface area (Å²) in [5, 5.41) is 2.03. The highest BCUT2D eigenvalue weighted by Gasteiger charge is 2.22. The van der Waals surface area contributed by atoms with Gasteiger partial charge < -0.3 is 5.32 Å². The fraction of sp³-hybridized carbons (Fsp3) is 0.0500. The summed E-state index contributed by atoms with van der Waals surface area (Å²) in [6.45, 7) is 0. The van der Waals surface area contributed by atoms with Crippen LogP contribution in [0.4, 0.5) is 18.9 Å². The lowest BCUT2D eigenvalue weighted by atomic mass is 10.1. The Morgan fingerprint density at radius 3 is 2.19 bits per heavy atom. The van der Waals surface area contributed by atoms with E-state index in [1.54, 1.807) is 24.3 Å². The van der Waals surface area contributed by atoms with Crippen LogP contribution in [0.1, 0.15) is 10.8 Å². The van der Waals surface area contributed by atoms with Gasteiger partial charge in [-0.05, 0) is 48.0 Å². The van der Waals surface area contributed by atoms with Gasteiger partial charge in [0.25, 0.3) is 0 Å². The molecule has 1 N–H and O–H groups in total. The molecule has 0 fully saturated rings. The minimum atomic E-state index is -0.972. The van der Waals surface area contributed by atoms with Crippen LogP contribution < -0.4 is 5.32 Å². The number of amides is 1. The topological polar surface area (TPSA) is 29.1 Å². The first-order chi connectivity index (χ1) is 12.5. The smallest absolute Gasteiger partial charge is 0.242 e. The molecule has 0 aromatic heterocycles. The van der Waals surface area contributed by atoms with Crippen molar-refractivity contribution < 1.29 is 18.0 Å². The van der Waals surface area contributed by atoms with Gasteiger partial charge in [-0.1, -0.05) is 30.3 Å². The summed E-state index contributed by atoms with van der Waals surface area (Å²) < 4.78 is 39.7. The number of rotatable bonds is 5. The van der Waals surface area contributed by atoms with Gasteiger partial charge in [0.2, 0.25) is 5.91 Å². The first-order valence-corrected chi connectivity index (χ1v) is 8.64. The van der Waals surface area contributed by atoms with Crippen molar-refractivity contribution >= 4 is 23.4 Å². The van der Waals surface area contributed by atoms with Crippen LogP contribution in [-0.4, -0.2) is 5.91 Å². The van der Waals surface area contributed by atoms with Crippen LogP contribution in [0.25, 0.3) is 0 Å². The van der Waals surface area contributed by atoms with Crippen molar-refractivity contribution in [2.24, 2.45) is 0 Å². The summed E-state index contributed by atoms with van der Waals surface area (Å²) in [4.78, 5) is 13.2. The van der Waals surface area contributed by atoms with Crippen LogP contribution in [0.3, 0.4) is 0 Å². The summed E-state index contributed by atoms with van der Waals surface area (Å²) in [5.74, 6) is -2.67. The summed E-state index contributed by atoms with van der Waals surface area (Å²) in [6, 6.07) is 17.9. The van der Waals surface area contributed by atoms with Crippen molar-refractivity contribution in [1.82, 2.24) is 0 Å². The van der Waals surface area contributed by atoms with Crippen LogP contribution >= 0.6 is 11.8 Å². The number of hydrogen-bond donors (Lipinski definition) is 1. The summed E-state index contributed by atoms with van der Waals surface area (Å²) in [7, 11) is 0. The van der Waals surface area contributed by atoms with Gasteiger partial charge in [0.05, 0.1) is 0 Å². The van der Waals surface area contributed by atoms with Gasteiger partial charge in [-0.3, -0.25) is 4.79 Å². The third kappa shape index (κ3) is 4.46. The Kier molecular flexibility index (Phi) is 5.63. The lowest BCUT2D eigenvalue weighted by molar-refractivity contribution is -0.115. The zero-order chi connectivity index (χ0) is 18.5. The minimum absolute atomic E-state index is 0.349. The molecule has 1 atom stereocenters. The van der Waals surface area contributed by atoms with Crippen LogP contribution in [0.5, 0.6) is 0 Å². The number of nitrogens with one attached hydrogen (secondary N) is 1. The molecule has 3 aromatic rings. The number of carbonyl (C=O) groups is 1. The zero-order valence-electron chi connectivity index (χ0n) is 13.5. The second-order valence-corrected chi connectivity index (χ2v) is 6.66. The Hall–Kier alpha value is -2.73. The molecular weight excluding hydrogens is 359 g/mol. The van der Waals surface area contributed by atoms with E-state index in [2.05, 4.69) is 5.32 Å². The summed E-state index contributed by atoms with van der Waals surface area (Å²) in [5.41, 5.74) is 1.16. The Bertz CT molecular complexity index is 901. The molecule has 0 aliphatic carbocycles. The molecule has 1 amide bonds. The molecule has 0 saturated carbocycles. The molecule has 0 aliphatic rings. The predicted octanol–water partition coefficient (Wildman–Crippen LogP) is 5.58. The molecule has 0 heterocycles. The molecule has 0 unspecified atom stereocenters. The fourth-order valence-corrected chi connectivity index (χ4v) is 3.38. The third-order valence-corrected chi connectivity index (χ3v) is 4.85. The van der Waals surface area contributed by atoms with Gasteiger partial charge >= 0.3 is 0 Å². The lowest BCUT2D eigenvalue weighted by Crippen LogP contribution is -2.19. The number of carbonyl (C=O) groups excluding carboxylic acids is 1. The number of thioether (sulfide) groups is 1. The quantitative estimate of drug-likeness (QED) is 0.592. The molecule has 0 aliphatic heterocycles. The largest absolute Gasteiger partial charge is 0.325 e. The maximum Gasteiger partial charge on any atom is 0.242 e. The Balaban J connectivity index is 1.86. The SMILES string of the molecule is O=C(Nc1ccc(F)cc1)[C@H](Sc1ccc(F)c(F)c1)c1ccccc1. The predicted molar refractivity (Wildman–Crippen MR) is 96.4 cm³/mol. The van der Waals surface area contributed by atoms with Gasteiger partial charge in [-0.25, -0.2) is 13.2 Å². The van der Waals surface area contributed by atoms with Crippen LogP contribution in [0.15, 0.2) is 77.7 Å². The van der Waals surface area contributed by atoms with E-state index in [-0.39, 0.29) is 5.91 Å². The van der Waals surface area contributed by atoms with Crippen molar-refractivity contribution in [2.45, 2.75) is 10.1 Å². The van der Waals surface area contributed by atoms with E-state index in [0.29, 0.717) is 16.1 Å². The highest BCUT2D eigenvalue weighted by Crippen LogP contribution is 2.36. The first kappa shape index (κ1) is 18.1. The van der Waals surface area contributed by atoms with E-state index in [1.165, 1.54) is 30.3 Å². The number of anilines is 1. The van der Waals surface area contributed by atoms with Crippen molar-refractivity contribution in [1.29, 1.82) is 0 Å². The molecule has 0 bridgehead atoms. The molecule has 6 heteroatoms. The van der Waals surface area contributed by atoms with E-state index < -0.39 is 22.7 Å². The summed E-state index contributed by atoms with van der Waals surface area (Å²) >= 11 is 1.10. The molecule has 3 rings (SSSR count). The van der Waals surface area contributed by atoms with Crippen LogP contribution in [-0.2, 0) is 4.79 Å². The molecular formula is C20H14F3NOS. The third-order valence-electron chi connectivity index (χ3n) is 3.60. The zero-order valence-corrected chi connectivity index (χ0v) is 14.3. The second-order valence-electron chi connectivity index (χ2n) is 5.48. The average molecular weight is 373 g/mol. The number of halogens is 3. The molecule has 2 nitrogen and oxygen atoms in total. The second kappa shape index (κ2) is 8.10. The van der Waals surface area contributed by atoms with Gasteiger partial charge in [0, 0.05) is 10.6 Å². The standard InChI is InChI=1S/C20H14F3NOS/c21-14-6-8-15(9-7-14)24-20(25)19(13-4-2-1-3-5-13)26-16-10-11-17(22)18(23)12-16/h1-12,19H,(H,24,25)/t19-/m1/s1. The maximum atomic E-state index is 13.5. The maximum absolute atomic E-state index is 13.5. The van der Waals surface area contributed by atoms with Gasteiger partial charge in [0.15, 0.2) is 11.6 Å². The van der Waals surface area contributed by atoms with E-state index in [1.807, 2.05) is 6.07 Å². The van der Waals surface area contributed by atoms with E-state index in [9.17, 15) is 18.0 Å². The lowest BCUT2D eigenvalue weighted by Gasteiger charge is -2.17. The first-order valence-electron chi connectivity index (χ1n) is 7.76. The van der Waals surface area contributed by atoms with Gasteiger partial charge in [-0.2, -0.15) is 0 Å². The fourth-order valence-electron chi connectivity index (χ4n) is 2.33. The van der Waals surface area contributed by atoms with Crippen LogP contribution in [0, 0.1) is 17.5 Å². The van der Waals surface area contributed by atoms with Gasteiger partial charge in [-0.15, -0.1) is 11.8 Å². The number of benzene rings is 3. The van der Waals surface area contributed by atoms with Crippen molar-refractivity contribution in [3.63, 3.8) is 0 Å². The highest BCUT2D eigenvalue weighted by atomic mass is 32.2. The van der Waals surface area contributed by atoms with Crippen molar-refractivity contribution in [3.8, 4) is 0 Å². The normalized spacial score (nSPS) is 11.8. The van der Waals surface area contributed by atoms with Crippen LogP contribution in [0.2, 0.25) is 0 Å². The molecule has 3 aromatic carbocycles. The minimum Gasteiger partial charge on any atom is -0.325 e. The Labute approximate surface area is 153 Å². The van der Waals surface area contributed by atoms with Crippen molar-refractivity contribution in [2.75, 3.05) is 5.32 Å². The Morgan fingerprint density at radius 1 is 0.846 bits per heavy atom. The van der Waals surface area contributed by atoms with Crippen molar-refractivity contribution in [3.05, 3.63) is 95.8 Å². The van der Waals surface area contributed by atoms with Gasteiger partial charge in [0.1, 0.15) is 11.1 Å². The van der Waals surface area contributed by atoms with E-state index in [4.69, 9.17) is 0 Å². The molecule has 26 heavy (non-hydrogen) atoms. The number of hydrogen-bond acceptors (Lipinski definition) is 2. The molecule has 132 valence electrons. The highest BCUT2D eigenvalue weighted by molar-refractivity contribution is 8.00. The molecule has 0 radical (unpaired) electrons. The van der Waals surface area contributed by atoms with E-state index in [0.717, 1.165) is 23.9 Å². The molecule has 0 spiro atoms. The Morgan fingerprint density at radius 2 is 1.54 bits per heavy atom. The summed E-state index contributed by atoms with van der Waals surface area (Å²) in [6.07, 6.45) is 0.